The summed E-state index contributed by atoms with van der Waals surface area (Å²) in [7, 11) is 0. The first kappa shape index (κ1) is 19.8. The second kappa shape index (κ2) is 6.73. The van der Waals surface area contributed by atoms with Gasteiger partial charge in [-0.15, -0.1) is 0 Å². The van der Waals surface area contributed by atoms with Gasteiger partial charge < -0.3 is 0 Å². The molecule has 7 nitrogen and oxygen atoms in total. The number of hydrogen-bond donors (Lipinski definition) is 0. The molecule has 0 heterocycles. The fraction of sp³-hybridized carbons (Fsp3) is 1.00. The van der Waals surface area contributed by atoms with Gasteiger partial charge in [0.25, 0.3) is 0 Å². The lowest BCUT2D eigenvalue weighted by Gasteiger charge is -2.32. The van der Waals surface area contributed by atoms with Crippen molar-refractivity contribution in [2.45, 2.75) is 91.1 Å². The molecule has 0 fully saturated rings. The Morgan fingerprint density at radius 1 is 0.857 bits per heavy atom. The first-order valence-electron chi connectivity index (χ1n) is 7.05. The normalized spacial score (nSPS) is 16.6. The van der Waals surface area contributed by atoms with Gasteiger partial charge in [-0.05, 0) is 67.8 Å². The predicted molar refractivity (Wildman–Crippen MR) is 82.8 cm³/mol. The number of nitrogens with zero attached hydrogens (tertiary/aromatic N) is 5. The van der Waals surface area contributed by atoms with Gasteiger partial charge in [-0.2, -0.15) is 10.2 Å². The first-order valence-corrected chi connectivity index (χ1v) is 7.05. The summed E-state index contributed by atoms with van der Waals surface area (Å²) in [6.45, 7) is 16.9. The van der Waals surface area contributed by atoms with Crippen LogP contribution in [0.5, 0.6) is 0 Å². The maximum absolute atomic E-state index is 8.77. The van der Waals surface area contributed by atoms with E-state index in [1.54, 1.807) is 6.92 Å². The van der Waals surface area contributed by atoms with Crippen molar-refractivity contribution in [3.8, 4) is 0 Å². The van der Waals surface area contributed by atoms with E-state index in [-0.39, 0.29) is 5.54 Å². The molecule has 0 spiro atoms. The minimum Gasteiger partial charge on any atom is -0.230 e. The van der Waals surface area contributed by atoms with E-state index in [1.165, 1.54) is 0 Å². The molecule has 122 valence electrons. The van der Waals surface area contributed by atoms with E-state index in [1.807, 2.05) is 55.4 Å². The summed E-state index contributed by atoms with van der Waals surface area (Å²) in [6.07, 6.45) is 0.347. The molecular weight excluding hydrogens is 270 g/mol. The van der Waals surface area contributed by atoms with Gasteiger partial charge in [0.15, 0.2) is 5.66 Å². The van der Waals surface area contributed by atoms with Gasteiger partial charge in [0.2, 0.25) is 0 Å². The molecule has 1 unspecified atom stereocenters. The van der Waals surface area contributed by atoms with Crippen LogP contribution in [0.3, 0.4) is 0 Å². The van der Waals surface area contributed by atoms with Crippen LogP contribution >= 0.6 is 0 Å². The van der Waals surface area contributed by atoms with Gasteiger partial charge in [0, 0.05) is 11.3 Å². The van der Waals surface area contributed by atoms with Crippen molar-refractivity contribution in [2.24, 2.45) is 15.3 Å². The molecule has 0 saturated heterocycles. The quantitative estimate of drug-likeness (QED) is 0.222. The maximum Gasteiger partial charge on any atom is 0.160 e. The molecule has 0 rings (SSSR count). The van der Waals surface area contributed by atoms with E-state index in [9.17, 15) is 0 Å². The minimum atomic E-state index is -1.02. The van der Waals surface area contributed by atoms with E-state index >= 15 is 0 Å². The third-order valence-electron chi connectivity index (χ3n) is 2.10. The molecule has 0 radical (unpaired) electrons. The average molecular weight is 299 g/mol. The fourth-order valence-electron chi connectivity index (χ4n) is 1.52. The summed E-state index contributed by atoms with van der Waals surface area (Å²) in [6, 6.07) is 0. The molecule has 21 heavy (non-hydrogen) atoms. The zero-order valence-corrected chi connectivity index (χ0v) is 14.8. The van der Waals surface area contributed by atoms with Gasteiger partial charge in [-0.3, -0.25) is 0 Å². The Labute approximate surface area is 127 Å². The second-order valence-corrected chi connectivity index (χ2v) is 7.99. The molecule has 0 aliphatic heterocycles. The van der Waals surface area contributed by atoms with E-state index in [4.69, 9.17) is 15.3 Å². The summed E-state index contributed by atoms with van der Waals surface area (Å²) in [5.41, 5.74) is 6.33. The Morgan fingerprint density at radius 2 is 1.38 bits per heavy atom. The zero-order chi connectivity index (χ0) is 16.9. The molecule has 7 heteroatoms. The van der Waals surface area contributed by atoms with Crippen LogP contribution in [0.1, 0.15) is 68.7 Å². The highest BCUT2D eigenvalue weighted by atomic mass is 17.2. The van der Waals surface area contributed by atoms with Crippen LogP contribution in [-0.4, -0.2) is 22.4 Å². The van der Waals surface area contributed by atoms with Crippen molar-refractivity contribution in [2.75, 3.05) is 0 Å². The first-order chi connectivity index (χ1) is 9.18. The molecule has 0 aromatic rings. The van der Waals surface area contributed by atoms with Gasteiger partial charge in [0.05, 0.1) is 11.1 Å². The lowest BCUT2D eigenvalue weighted by Crippen LogP contribution is -2.37. The highest BCUT2D eigenvalue weighted by Gasteiger charge is 2.35. The standard InChI is InChI=1S/C14H29N5O2/c1-11(2,3)16-17-14(9,18-19-15)10-13(7,8)21-20-12(4,5)6/h10H2,1-9H3. The van der Waals surface area contributed by atoms with E-state index in [2.05, 4.69) is 20.3 Å². The number of azide groups is 1. The van der Waals surface area contributed by atoms with Crippen LogP contribution in [0.25, 0.3) is 10.4 Å². The Bertz CT molecular complexity index is 414. The molecule has 0 saturated carbocycles. The van der Waals surface area contributed by atoms with Gasteiger partial charge in [-0.1, -0.05) is 5.11 Å². The van der Waals surface area contributed by atoms with Crippen LogP contribution in [0, 0.1) is 0 Å². The molecule has 0 N–H and O–H groups in total. The summed E-state index contributed by atoms with van der Waals surface area (Å²) in [5, 5.41) is 12.2. The van der Waals surface area contributed by atoms with Crippen LogP contribution in [-0.2, 0) is 9.78 Å². The van der Waals surface area contributed by atoms with Gasteiger partial charge >= 0.3 is 0 Å². The molecule has 1 atom stereocenters. The SMILES string of the molecule is CC(C)(C)N=NC(C)(CC(C)(C)OOC(C)(C)C)N=[N+]=[N-]. The van der Waals surface area contributed by atoms with Crippen LogP contribution in [0.2, 0.25) is 0 Å². The summed E-state index contributed by atoms with van der Waals surface area (Å²) < 4.78 is 0. The second-order valence-electron chi connectivity index (χ2n) is 7.99. The van der Waals surface area contributed by atoms with Gasteiger partial charge in [-0.25, -0.2) is 9.78 Å². The predicted octanol–water partition coefficient (Wildman–Crippen LogP) is 5.18. The van der Waals surface area contributed by atoms with Crippen LogP contribution in [0.15, 0.2) is 15.3 Å². The van der Waals surface area contributed by atoms with Gasteiger partial charge in [0.1, 0.15) is 5.60 Å². The van der Waals surface area contributed by atoms with Crippen molar-refractivity contribution < 1.29 is 9.78 Å². The summed E-state index contributed by atoms with van der Waals surface area (Å²) >= 11 is 0. The molecule has 0 bridgehead atoms. The molecule has 0 aromatic carbocycles. The molecule has 0 aliphatic carbocycles. The largest absolute Gasteiger partial charge is 0.230 e. The number of azo groups is 1. The smallest absolute Gasteiger partial charge is 0.160 e. The van der Waals surface area contributed by atoms with Crippen molar-refractivity contribution in [1.82, 2.24) is 0 Å². The van der Waals surface area contributed by atoms with E-state index < -0.39 is 16.9 Å². The highest BCUT2D eigenvalue weighted by molar-refractivity contribution is 4.88. The third-order valence-corrected chi connectivity index (χ3v) is 2.10. The topological polar surface area (TPSA) is 91.9 Å². The lowest BCUT2D eigenvalue weighted by atomic mass is 9.96. The molecular formula is C14H29N5O2. The number of rotatable bonds is 6. The molecule has 0 amide bonds. The molecule has 0 aliphatic rings. The van der Waals surface area contributed by atoms with Crippen molar-refractivity contribution in [3.63, 3.8) is 0 Å². The third kappa shape index (κ3) is 10.2. The lowest BCUT2D eigenvalue weighted by molar-refractivity contribution is -0.399. The Hall–Kier alpha value is -1.17. The Kier molecular flexibility index (Phi) is 6.35. The zero-order valence-electron chi connectivity index (χ0n) is 14.8. The Balaban J connectivity index is 5.06. The minimum absolute atomic E-state index is 0.334. The van der Waals surface area contributed by atoms with Crippen molar-refractivity contribution in [1.29, 1.82) is 0 Å². The maximum atomic E-state index is 8.77. The van der Waals surface area contributed by atoms with Crippen LogP contribution in [0.4, 0.5) is 0 Å². The number of hydrogen-bond acceptors (Lipinski definition) is 5. The monoisotopic (exact) mass is 299 g/mol. The van der Waals surface area contributed by atoms with Crippen molar-refractivity contribution >= 4 is 0 Å². The summed E-state index contributed by atoms with van der Waals surface area (Å²) in [4.78, 5) is 13.7. The molecule has 0 aromatic heterocycles. The van der Waals surface area contributed by atoms with Crippen LogP contribution < -0.4 is 0 Å². The highest BCUT2D eigenvalue weighted by Crippen LogP contribution is 2.30. The average Bonchev–Trinajstić information content (AvgIpc) is 2.22. The van der Waals surface area contributed by atoms with E-state index in [0.29, 0.717) is 6.42 Å². The van der Waals surface area contributed by atoms with E-state index in [0.717, 1.165) is 0 Å². The fourth-order valence-corrected chi connectivity index (χ4v) is 1.52. The Morgan fingerprint density at radius 3 is 1.76 bits per heavy atom. The summed E-state index contributed by atoms with van der Waals surface area (Å²) in [5.74, 6) is 0. The van der Waals surface area contributed by atoms with Crippen molar-refractivity contribution in [3.05, 3.63) is 10.4 Å².